The van der Waals surface area contributed by atoms with E-state index in [0.29, 0.717) is 22.6 Å². The standard InChI is InChI=1S/C18H16O3S/c1-20-14-10-13(11-15(12-14)21-2)8-9-17(19)16-6-4-5-7-18(16)22-3/h4-7,10-12H,1-3H3. The van der Waals surface area contributed by atoms with Crippen LogP contribution >= 0.6 is 11.8 Å². The summed E-state index contributed by atoms with van der Waals surface area (Å²) in [6.45, 7) is 0. The van der Waals surface area contributed by atoms with Crippen LogP contribution < -0.4 is 9.47 Å². The second-order valence-corrected chi connectivity index (χ2v) is 5.23. The van der Waals surface area contributed by atoms with Gasteiger partial charge in [0, 0.05) is 22.1 Å². The Balaban J connectivity index is 2.31. The lowest BCUT2D eigenvalue weighted by Crippen LogP contribution is -1.97. The lowest BCUT2D eigenvalue weighted by Gasteiger charge is -2.04. The molecule has 0 saturated carbocycles. The van der Waals surface area contributed by atoms with Gasteiger partial charge in [-0.25, -0.2) is 0 Å². The zero-order chi connectivity index (χ0) is 15.9. The second kappa shape index (κ2) is 7.58. The van der Waals surface area contributed by atoms with Crippen LogP contribution in [-0.2, 0) is 0 Å². The molecule has 0 N–H and O–H groups in total. The second-order valence-electron chi connectivity index (χ2n) is 4.38. The summed E-state index contributed by atoms with van der Waals surface area (Å²) < 4.78 is 10.4. The maximum absolute atomic E-state index is 12.3. The van der Waals surface area contributed by atoms with Gasteiger partial charge >= 0.3 is 0 Å². The molecule has 0 fully saturated rings. The highest BCUT2D eigenvalue weighted by atomic mass is 32.2. The topological polar surface area (TPSA) is 35.5 Å². The highest BCUT2D eigenvalue weighted by Gasteiger charge is 2.07. The first-order chi connectivity index (χ1) is 10.7. The summed E-state index contributed by atoms with van der Waals surface area (Å²) in [4.78, 5) is 13.2. The van der Waals surface area contributed by atoms with E-state index in [4.69, 9.17) is 9.47 Å². The Morgan fingerprint density at radius 3 is 2.27 bits per heavy atom. The molecule has 0 atom stereocenters. The fraction of sp³-hybridized carbons (Fsp3) is 0.167. The lowest BCUT2D eigenvalue weighted by molar-refractivity contribution is 0.105. The van der Waals surface area contributed by atoms with Gasteiger partial charge in [0.25, 0.3) is 0 Å². The number of ketones is 1. The summed E-state index contributed by atoms with van der Waals surface area (Å²) >= 11 is 1.53. The van der Waals surface area contributed by atoms with Crippen LogP contribution in [0.5, 0.6) is 11.5 Å². The van der Waals surface area contributed by atoms with Crippen molar-refractivity contribution in [2.75, 3.05) is 20.5 Å². The lowest BCUT2D eigenvalue weighted by atomic mass is 10.1. The molecule has 4 heteroatoms. The largest absolute Gasteiger partial charge is 0.497 e. The van der Waals surface area contributed by atoms with Gasteiger partial charge in [0.1, 0.15) is 11.5 Å². The molecule has 0 spiro atoms. The first-order valence-electron chi connectivity index (χ1n) is 6.60. The quantitative estimate of drug-likeness (QED) is 0.490. The van der Waals surface area contributed by atoms with Crippen LogP contribution in [0, 0.1) is 11.8 Å². The summed E-state index contributed by atoms with van der Waals surface area (Å²) in [7, 11) is 3.15. The van der Waals surface area contributed by atoms with E-state index in [0.717, 1.165) is 4.90 Å². The van der Waals surface area contributed by atoms with Crippen molar-refractivity contribution >= 4 is 17.5 Å². The number of Topliss-reactive ketones (excluding diaryl/α,β-unsaturated/α-hetero) is 1. The van der Waals surface area contributed by atoms with Gasteiger partial charge in [0.15, 0.2) is 0 Å². The molecule has 112 valence electrons. The maximum Gasteiger partial charge on any atom is 0.237 e. The Kier molecular flexibility index (Phi) is 5.51. The van der Waals surface area contributed by atoms with Gasteiger partial charge < -0.3 is 9.47 Å². The molecule has 0 heterocycles. The Labute approximate surface area is 134 Å². The fourth-order valence-corrected chi connectivity index (χ4v) is 2.50. The molecule has 0 radical (unpaired) electrons. The third-order valence-electron chi connectivity index (χ3n) is 3.02. The number of carbonyl (C=O) groups is 1. The van der Waals surface area contributed by atoms with Gasteiger partial charge in [-0.1, -0.05) is 18.1 Å². The molecule has 3 nitrogen and oxygen atoms in total. The van der Waals surface area contributed by atoms with Crippen LogP contribution in [0.1, 0.15) is 15.9 Å². The average Bonchev–Trinajstić information content (AvgIpc) is 2.59. The van der Waals surface area contributed by atoms with E-state index < -0.39 is 0 Å². The van der Waals surface area contributed by atoms with E-state index in [1.165, 1.54) is 11.8 Å². The van der Waals surface area contributed by atoms with Crippen molar-refractivity contribution < 1.29 is 14.3 Å². The number of carbonyl (C=O) groups excluding carboxylic acids is 1. The van der Waals surface area contributed by atoms with E-state index >= 15 is 0 Å². The predicted molar refractivity (Wildman–Crippen MR) is 89.0 cm³/mol. The minimum Gasteiger partial charge on any atom is -0.497 e. The first-order valence-corrected chi connectivity index (χ1v) is 7.83. The Hall–Kier alpha value is -2.38. The van der Waals surface area contributed by atoms with Crippen molar-refractivity contribution in [1.82, 2.24) is 0 Å². The van der Waals surface area contributed by atoms with Crippen LogP contribution in [0.3, 0.4) is 0 Å². The molecule has 0 aliphatic rings. The van der Waals surface area contributed by atoms with E-state index in [1.807, 2.05) is 24.5 Å². The Morgan fingerprint density at radius 2 is 1.68 bits per heavy atom. The Morgan fingerprint density at radius 1 is 1.05 bits per heavy atom. The number of methoxy groups -OCH3 is 2. The van der Waals surface area contributed by atoms with Crippen molar-refractivity contribution in [2.45, 2.75) is 4.90 Å². The third-order valence-corrected chi connectivity index (χ3v) is 3.82. The first kappa shape index (κ1) is 16.0. The molecule has 0 aliphatic heterocycles. The van der Waals surface area contributed by atoms with Crippen LogP contribution in [0.15, 0.2) is 47.4 Å². The predicted octanol–water partition coefficient (Wildman–Crippen LogP) is 3.66. The van der Waals surface area contributed by atoms with Gasteiger partial charge in [-0.2, -0.15) is 0 Å². The summed E-state index contributed by atoms with van der Waals surface area (Å²) in [5, 5.41) is 0. The van der Waals surface area contributed by atoms with Crippen LogP contribution in [-0.4, -0.2) is 26.3 Å². The van der Waals surface area contributed by atoms with E-state index in [9.17, 15) is 4.79 Å². The number of benzene rings is 2. The van der Waals surface area contributed by atoms with Crippen molar-refractivity contribution in [1.29, 1.82) is 0 Å². The zero-order valence-electron chi connectivity index (χ0n) is 12.7. The third kappa shape index (κ3) is 3.84. The van der Waals surface area contributed by atoms with Crippen molar-refractivity contribution in [3.05, 3.63) is 53.6 Å². The summed E-state index contributed by atoms with van der Waals surface area (Å²) in [5.41, 5.74) is 1.29. The number of rotatable bonds is 4. The molecule has 2 aromatic carbocycles. The summed E-state index contributed by atoms with van der Waals surface area (Å²) in [6, 6.07) is 12.7. The fourth-order valence-electron chi connectivity index (χ4n) is 1.91. The number of hydrogen-bond donors (Lipinski definition) is 0. The van der Waals surface area contributed by atoms with Gasteiger partial charge in [-0.3, -0.25) is 4.79 Å². The molecule has 0 amide bonds. The summed E-state index contributed by atoms with van der Waals surface area (Å²) in [6.07, 6.45) is 1.94. The molecule has 2 rings (SSSR count). The molecule has 0 unspecified atom stereocenters. The van der Waals surface area contributed by atoms with E-state index in [1.54, 1.807) is 38.5 Å². The minimum atomic E-state index is -0.202. The zero-order valence-corrected chi connectivity index (χ0v) is 13.5. The van der Waals surface area contributed by atoms with E-state index in [2.05, 4.69) is 11.8 Å². The highest BCUT2D eigenvalue weighted by molar-refractivity contribution is 7.98. The number of thioether (sulfide) groups is 1. The molecule has 0 aliphatic carbocycles. The molecular formula is C18H16O3S. The molecule has 0 aromatic heterocycles. The molecule has 2 aromatic rings. The van der Waals surface area contributed by atoms with Gasteiger partial charge in [-0.15, -0.1) is 11.8 Å². The monoisotopic (exact) mass is 312 g/mol. The molecular weight excluding hydrogens is 296 g/mol. The number of hydrogen-bond acceptors (Lipinski definition) is 4. The summed E-state index contributed by atoms with van der Waals surface area (Å²) in [5.74, 6) is 6.63. The molecule has 0 bridgehead atoms. The normalized spacial score (nSPS) is 9.59. The van der Waals surface area contributed by atoms with Crippen molar-refractivity contribution in [2.24, 2.45) is 0 Å². The molecule has 0 saturated heterocycles. The molecule has 22 heavy (non-hydrogen) atoms. The number of ether oxygens (including phenoxy) is 2. The SMILES string of the molecule is COc1cc(C#CC(=O)c2ccccc2SC)cc(OC)c1. The van der Waals surface area contributed by atoms with Crippen LogP contribution in [0.2, 0.25) is 0 Å². The van der Waals surface area contributed by atoms with Crippen molar-refractivity contribution in [3.63, 3.8) is 0 Å². The maximum atomic E-state index is 12.3. The average molecular weight is 312 g/mol. The Bertz CT molecular complexity index is 719. The van der Waals surface area contributed by atoms with Gasteiger partial charge in [0.2, 0.25) is 5.78 Å². The van der Waals surface area contributed by atoms with Crippen LogP contribution in [0.25, 0.3) is 0 Å². The smallest absolute Gasteiger partial charge is 0.237 e. The van der Waals surface area contributed by atoms with Gasteiger partial charge in [-0.05, 0) is 36.4 Å². The van der Waals surface area contributed by atoms with E-state index in [-0.39, 0.29) is 5.78 Å². The van der Waals surface area contributed by atoms with Crippen molar-refractivity contribution in [3.8, 4) is 23.3 Å². The van der Waals surface area contributed by atoms with Gasteiger partial charge in [0.05, 0.1) is 14.2 Å². The highest BCUT2D eigenvalue weighted by Crippen LogP contribution is 2.22. The van der Waals surface area contributed by atoms with Crippen LogP contribution in [0.4, 0.5) is 0 Å². The minimum absolute atomic E-state index is 0.202.